The van der Waals surface area contributed by atoms with Crippen molar-refractivity contribution >= 4 is 5.91 Å². The number of hydrogen-bond acceptors (Lipinski definition) is 2. The van der Waals surface area contributed by atoms with Crippen LogP contribution < -0.4 is 5.32 Å². The smallest absolute Gasteiger partial charge is 0.225 e. The van der Waals surface area contributed by atoms with Gasteiger partial charge in [0, 0.05) is 5.41 Å². The van der Waals surface area contributed by atoms with E-state index in [4.69, 9.17) is 0 Å². The minimum atomic E-state index is -0.436. The summed E-state index contributed by atoms with van der Waals surface area (Å²) in [6.07, 6.45) is 16.3. The molecule has 1 amide bonds. The van der Waals surface area contributed by atoms with Gasteiger partial charge in [0.25, 0.3) is 0 Å². The third-order valence-corrected chi connectivity index (χ3v) is 4.97. The predicted molar refractivity (Wildman–Crippen MR) is 109 cm³/mol. The number of nitrogens with one attached hydrogen (secondary N) is 1. The van der Waals surface area contributed by atoms with Crippen LogP contribution >= 0.6 is 0 Å². The standard InChI is InChI=1S/C22H45NO2/c1-6-7-8-9-10-11-12-13-14-15-16-17-18-20(24)19(2)23-21(25)22(3,4)5/h19-20,24H,6-18H2,1-5H3,(H,23,25)/t19-,20+/m0/s1. The van der Waals surface area contributed by atoms with Gasteiger partial charge in [0.15, 0.2) is 0 Å². The zero-order chi connectivity index (χ0) is 19.1. The molecule has 0 aliphatic heterocycles. The minimum absolute atomic E-state index is 0.00810. The van der Waals surface area contributed by atoms with E-state index in [1.54, 1.807) is 0 Å². The summed E-state index contributed by atoms with van der Waals surface area (Å²) in [6, 6.07) is -0.167. The molecule has 0 aromatic carbocycles. The normalized spacial score (nSPS) is 14.3. The maximum Gasteiger partial charge on any atom is 0.225 e. The van der Waals surface area contributed by atoms with Gasteiger partial charge in [-0.1, -0.05) is 105 Å². The van der Waals surface area contributed by atoms with Crippen LogP contribution in [0.25, 0.3) is 0 Å². The van der Waals surface area contributed by atoms with Crippen molar-refractivity contribution in [3.8, 4) is 0 Å². The Morgan fingerprint density at radius 1 is 0.840 bits per heavy atom. The molecule has 0 spiro atoms. The van der Waals surface area contributed by atoms with Gasteiger partial charge in [-0.15, -0.1) is 0 Å². The van der Waals surface area contributed by atoms with Gasteiger partial charge in [0.1, 0.15) is 0 Å². The van der Waals surface area contributed by atoms with E-state index in [-0.39, 0.29) is 11.9 Å². The number of hydrogen-bond donors (Lipinski definition) is 2. The lowest BCUT2D eigenvalue weighted by atomic mass is 9.94. The topological polar surface area (TPSA) is 49.3 Å². The highest BCUT2D eigenvalue weighted by Gasteiger charge is 2.24. The Bertz CT molecular complexity index is 322. The fourth-order valence-corrected chi connectivity index (χ4v) is 2.96. The second-order valence-corrected chi connectivity index (χ2v) is 8.76. The Morgan fingerprint density at radius 3 is 1.64 bits per heavy atom. The van der Waals surface area contributed by atoms with Crippen LogP contribution in [0.4, 0.5) is 0 Å². The van der Waals surface area contributed by atoms with Crippen LogP contribution in [0.3, 0.4) is 0 Å². The first-order valence-corrected chi connectivity index (χ1v) is 10.8. The lowest BCUT2D eigenvalue weighted by Crippen LogP contribution is -2.45. The quantitative estimate of drug-likeness (QED) is 0.354. The van der Waals surface area contributed by atoms with Crippen LogP contribution in [0.15, 0.2) is 0 Å². The average Bonchev–Trinajstić information content (AvgIpc) is 2.54. The van der Waals surface area contributed by atoms with Crippen molar-refractivity contribution < 1.29 is 9.90 Å². The molecule has 150 valence electrons. The molecule has 3 nitrogen and oxygen atoms in total. The first kappa shape index (κ1) is 24.4. The van der Waals surface area contributed by atoms with E-state index in [1.807, 2.05) is 27.7 Å². The molecule has 0 saturated heterocycles. The summed E-state index contributed by atoms with van der Waals surface area (Å²) in [5, 5.41) is 13.1. The second kappa shape index (κ2) is 14.6. The van der Waals surface area contributed by atoms with Crippen molar-refractivity contribution in [2.24, 2.45) is 5.41 Å². The molecular weight excluding hydrogens is 310 g/mol. The fraction of sp³-hybridized carbons (Fsp3) is 0.955. The van der Waals surface area contributed by atoms with Crippen molar-refractivity contribution in [1.29, 1.82) is 0 Å². The molecular formula is C22H45NO2. The predicted octanol–water partition coefficient (Wildman–Crippen LogP) is 5.99. The van der Waals surface area contributed by atoms with Gasteiger partial charge < -0.3 is 10.4 Å². The molecule has 2 atom stereocenters. The summed E-state index contributed by atoms with van der Waals surface area (Å²) in [5.74, 6) is 0.00810. The van der Waals surface area contributed by atoms with Gasteiger partial charge in [0.2, 0.25) is 5.91 Å². The molecule has 0 aliphatic rings. The monoisotopic (exact) mass is 355 g/mol. The van der Waals surface area contributed by atoms with Gasteiger partial charge >= 0.3 is 0 Å². The van der Waals surface area contributed by atoms with Gasteiger partial charge in [-0.3, -0.25) is 4.79 Å². The van der Waals surface area contributed by atoms with E-state index in [0.29, 0.717) is 0 Å². The number of rotatable bonds is 15. The van der Waals surface area contributed by atoms with Crippen LogP contribution in [0.2, 0.25) is 0 Å². The van der Waals surface area contributed by atoms with Gasteiger partial charge in [0.05, 0.1) is 12.1 Å². The zero-order valence-electron chi connectivity index (χ0n) is 17.7. The van der Waals surface area contributed by atoms with Crippen LogP contribution in [0.5, 0.6) is 0 Å². The van der Waals surface area contributed by atoms with Crippen molar-refractivity contribution in [2.45, 2.75) is 130 Å². The summed E-state index contributed by atoms with van der Waals surface area (Å²) in [4.78, 5) is 11.9. The molecule has 0 rings (SSSR count). The Morgan fingerprint density at radius 2 is 1.24 bits per heavy atom. The summed E-state index contributed by atoms with van der Waals surface area (Å²) in [6.45, 7) is 9.85. The highest BCUT2D eigenvalue weighted by Crippen LogP contribution is 2.16. The lowest BCUT2D eigenvalue weighted by molar-refractivity contribution is -0.130. The fourth-order valence-electron chi connectivity index (χ4n) is 2.96. The molecule has 0 fully saturated rings. The van der Waals surface area contributed by atoms with E-state index in [0.717, 1.165) is 12.8 Å². The van der Waals surface area contributed by atoms with E-state index in [9.17, 15) is 9.90 Å². The number of carbonyl (C=O) groups is 1. The van der Waals surface area contributed by atoms with Crippen molar-refractivity contribution in [3.05, 3.63) is 0 Å². The number of aliphatic hydroxyl groups excluding tert-OH is 1. The van der Waals surface area contributed by atoms with Crippen molar-refractivity contribution in [1.82, 2.24) is 5.32 Å². The summed E-state index contributed by atoms with van der Waals surface area (Å²) >= 11 is 0. The van der Waals surface area contributed by atoms with E-state index in [1.165, 1.54) is 70.6 Å². The molecule has 0 aliphatic carbocycles. The lowest BCUT2D eigenvalue weighted by Gasteiger charge is -2.25. The van der Waals surface area contributed by atoms with E-state index < -0.39 is 11.5 Å². The Kier molecular flexibility index (Phi) is 14.3. The van der Waals surface area contributed by atoms with Gasteiger partial charge in [-0.2, -0.15) is 0 Å². The number of carbonyl (C=O) groups excluding carboxylic acids is 1. The molecule has 0 aromatic heterocycles. The first-order chi connectivity index (χ1) is 11.8. The van der Waals surface area contributed by atoms with Gasteiger partial charge in [-0.05, 0) is 13.3 Å². The largest absolute Gasteiger partial charge is 0.391 e. The Labute approximate surface area is 157 Å². The third kappa shape index (κ3) is 14.3. The number of unbranched alkanes of at least 4 members (excludes halogenated alkanes) is 11. The molecule has 0 unspecified atom stereocenters. The maximum atomic E-state index is 11.9. The van der Waals surface area contributed by atoms with Crippen LogP contribution in [-0.4, -0.2) is 23.2 Å². The second-order valence-electron chi connectivity index (χ2n) is 8.76. The molecule has 0 radical (unpaired) electrons. The summed E-state index contributed by atoms with van der Waals surface area (Å²) < 4.78 is 0. The molecule has 0 aromatic rings. The zero-order valence-corrected chi connectivity index (χ0v) is 17.7. The number of aliphatic hydroxyl groups is 1. The molecule has 3 heteroatoms. The molecule has 25 heavy (non-hydrogen) atoms. The molecule has 0 bridgehead atoms. The van der Waals surface area contributed by atoms with Crippen LogP contribution in [0.1, 0.15) is 118 Å². The van der Waals surface area contributed by atoms with E-state index in [2.05, 4.69) is 12.2 Å². The summed E-state index contributed by atoms with van der Waals surface area (Å²) in [5.41, 5.74) is -0.399. The minimum Gasteiger partial charge on any atom is -0.391 e. The third-order valence-electron chi connectivity index (χ3n) is 4.97. The Balaban J connectivity index is 3.48. The highest BCUT2D eigenvalue weighted by molar-refractivity contribution is 5.81. The first-order valence-electron chi connectivity index (χ1n) is 10.8. The number of amides is 1. The van der Waals surface area contributed by atoms with Crippen molar-refractivity contribution in [2.75, 3.05) is 0 Å². The Hall–Kier alpha value is -0.570. The highest BCUT2D eigenvalue weighted by atomic mass is 16.3. The van der Waals surface area contributed by atoms with Gasteiger partial charge in [-0.25, -0.2) is 0 Å². The van der Waals surface area contributed by atoms with E-state index >= 15 is 0 Å². The van der Waals surface area contributed by atoms with Crippen molar-refractivity contribution in [3.63, 3.8) is 0 Å². The molecule has 2 N–H and O–H groups in total. The van der Waals surface area contributed by atoms with Crippen LogP contribution in [-0.2, 0) is 4.79 Å². The molecule has 0 heterocycles. The molecule has 0 saturated carbocycles. The summed E-state index contributed by atoms with van der Waals surface area (Å²) in [7, 11) is 0. The maximum absolute atomic E-state index is 11.9. The average molecular weight is 356 g/mol. The SMILES string of the molecule is CCCCCCCCCCCCCC[C@@H](O)[C@H](C)NC(=O)C(C)(C)C. The van der Waals surface area contributed by atoms with Crippen LogP contribution in [0, 0.1) is 5.41 Å².